The molecule has 8 heteroatoms. The molecule has 0 radical (unpaired) electrons. The molecule has 3 heterocycles. The maximum Gasteiger partial charge on any atom is 0.309 e. The van der Waals surface area contributed by atoms with Gasteiger partial charge in [-0.05, 0) is 37.3 Å². The summed E-state index contributed by atoms with van der Waals surface area (Å²) in [6.45, 7) is 3.40. The van der Waals surface area contributed by atoms with E-state index in [2.05, 4.69) is 0 Å². The molecule has 5 rings (SSSR count). The Morgan fingerprint density at radius 3 is 2.22 bits per heavy atom. The van der Waals surface area contributed by atoms with Gasteiger partial charge in [-0.1, -0.05) is 60.7 Å². The predicted molar refractivity (Wildman–Crippen MR) is 130 cm³/mol. The molecule has 190 valence electrons. The van der Waals surface area contributed by atoms with Gasteiger partial charge in [-0.2, -0.15) is 0 Å². The molecule has 2 amide bonds. The summed E-state index contributed by atoms with van der Waals surface area (Å²) >= 11 is 0. The lowest BCUT2D eigenvalue weighted by molar-refractivity contribution is -0.177. The van der Waals surface area contributed by atoms with Crippen LogP contribution < -0.4 is 0 Å². The molecular formula is C28H32N2O6. The molecule has 0 N–H and O–H groups in total. The Hall–Kier alpha value is -3.23. The summed E-state index contributed by atoms with van der Waals surface area (Å²) in [4.78, 5) is 42.7. The number of likely N-dealkylation sites (tertiary alicyclic amines) is 1. The van der Waals surface area contributed by atoms with Crippen molar-refractivity contribution in [1.29, 1.82) is 0 Å². The van der Waals surface area contributed by atoms with Gasteiger partial charge in [0.25, 0.3) is 11.8 Å². The van der Waals surface area contributed by atoms with Crippen molar-refractivity contribution in [3.63, 3.8) is 0 Å². The van der Waals surface area contributed by atoms with Crippen LogP contribution in [0.2, 0.25) is 0 Å². The fourth-order valence-electron chi connectivity index (χ4n) is 5.31. The van der Waals surface area contributed by atoms with Crippen molar-refractivity contribution in [1.82, 2.24) is 9.80 Å². The third-order valence-corrected chi connectivity index (χ3v) is 7.23. The molecule has 2 aromatic rings. The van der Waals surface area contributed by atoms with Gasteiger partial charge < -0.3 is 24.0 Å². The number of piperidine rings is 1. The van der Waals surface area contributed by atoms with E-state index in [0.717, 1.165) is 11.1 Å². The van der Waals surface area contributed by atoms with Crippen molar-refractivity contribution in [3.05, 3.63) is 71.8 Å². The number of hydrogen-bond donors (Lipinski definition) is 0. The molecule has 2 aromatic carbocycles. The highest BCUT2D eigenvalue weighted by molar-refractivity contribution is 5.92. The minimum atomic E-state index is -0.985. The first kappa shape index (κ1) is 24.5. The van der Waals surface area contributed by atoms with Gasteiger partial charge in [-0.3, -0.25) is 14.4 Å². The van der Waals surface area contributed by atoms with Crippen LogP contribution in [0.5, 0.6) is 0 Å². The monoisotopic (exact) mass is 492 g/mol. The first-order chi connectivity index (χ1) is 17.5. The third kappa shape index (κ3) is 5.01. The van der Waals surface area contributed by atoms with Crippen LogP contribution in [0.4, 0.5) is 0 Å². The summed E-state index contributed by atoms with van der Waals surface area (Å²) in [5.41, 5.74) is 2.07. The first-order valence-electron chi connectivity index (χ1n) is 12.7. The molecule has 0 aliphatic carbocycles. The second-order valence-electron chi connectivity index (χ2n) is 9.54. The van der Waals surface area contributed by atoms with Crippen LogP contribution in [0.25, 0.3) is 0 Å². The molecule has 3 aliphatic rings. The number of fused-ring (bicyclic) bond motifs is 2. The topological polar surface area (TPSA) is 85.4 Å². The van der Waals surface area contributed by atoms with Crippen LogP contribution in [0.15, 0.2) is 60.7 Å². The molecule has 8 nitrogen and oxygen atoms in total. The standard InChI is InChI=1S/C28H32N2O6/c1-2-34-27(33)21-13-15-29(16-14-21)25(31)23-24-26(32)30(18-20-11-7-4-8-12-20)22(28(35-23)36-24)17-19-9-5-3-6-10-19/h3-12,21-24,28H,2,13-18H2,1H3/t22-,23+,24+,28+/m0/s1. The average molecular weight is 493 g/mol. The van der Waals surface area contributed by atoms with Crippen molar-refractivity contribution < 1.29 is 28.6 Å². The summed E-state index contributed by atoms with van der Waals surface area (Å²) in [6.07, 6.45) is -1.01. The number of ether oxygens (including phenoxy) is 3. The molecule has 0 aromatic heterocycles. The van der Waals surface area contributed by atoms with Crippen LogP contribution in [-0.4, -0.2) is 71.8 Å². The fraction of sp³-hybridized carbons (Fsp3) is 0.464. The highest BCUT2D eigenvalue weighted by atomic mass is 16.7. The number of nitrogens with zero attached hydrogens (tertiary/aromatic N) is 2. The zero-order valence-electron chi connectivity index (χ0n) is 20.5. The van der Waals surface area contributed by atoms with Gasteiger partial charge in [-0.25, -0.2) is 0 Å². The molecule has 0 spiro atoms. The Morgan fingerprint density at radius 2 is 1.58 bits per heavy atom. The molecule has 3 aliphatic heterocycles. The number of rotatable bonds is 7. The Balaban J connectivity index is 1.32. The average Bonchev–Trinajstić information content (AvgIpc) is 3.32. The van der Waals surface area contributed by atoms with Gasteiger partial charge in [-0.15, -0.1) is 0 Å². The Labute approximate surface area is 211 Å². The summed E-state index contributed by atoms with van der Waals surface area (Å²) in [6, 6.07) is 19.4. The third-order valence-electron chi connectivity index (χ3n) is 7.23. The van der Waals surface area contributed by atoms with E-state index in [0.29, 0.717) is 45.5 Å². The molecule has 0 unspecified atom stereocenters. The second-order valence-corrected chi connectivity index (χ2v) is 9.54. The summed E-state index contributed by atoms with van der Waals surface area (Å²) in [7, 11) is 0. The van der Waals surface area contributed by atoms with Crippen LogP contribution in [0.3, 0.4) is 0 Å². The molecule has 36 heavy (non-hydrogen) atoms. The van der Waals surface area contributed by atoms with E-state index in [9.17, 15) is 14.4 Å². The number of hydrogen-bond acceptors (Lipinski definition) is 6. The SMILES string of the molecule is CCOC(=O)C1CCN(C(=O)[C@@H]2O[C@@H]3O[C@H]2C(=O)N(Cc2ccccc2)[C@H]3Cc2ccccc2)CC1. The van der Waals surface area contributed by atoms with Crippen molar-refractivity contribution in [3.8, 4) is 0 Å². The number of morpholine rings is 1. The van der Waals surface area contributed by atoms with E-state index in [1.165, 1.54) is 0 Å². The van der Waals surface area contributed by atoms with Crippen molar-refractivity contribution >= 4 is 17.8 Å². The molecule has 2 bridgehead atoms. The van der Waals surface area contributed by atoms with Crippen molar-refractivity contribution in [2.24, 2.45) is 5.92 Å². The van der Waals surface area contributed by atoms with Crippen LogP contribution in [0.1, 0.15) is 30.9 Å². The van der Waals surface area contributed by atoms with E-state index in [-0.39, 0.29) is 29.7 Å². The van der Waals surface area contributed by atoms with Crippen LogP contribution in [-0.2, 0) is 41.6 Å². The number of carbonyl (C=O) groups is 3. The minimum Gasteiger partial charge on any atom is -0.466 e. The zero-order valence-corrected chi connectivity index (χ0v) is 20.5. The van der Waals surface area contributed by atoms with Gasteiger partial charge in [0.15, 0.2) is 18.5 Å². The number of amides is 2. The number of benzene rings is 2. The molecule has 4 atom stereocenters. The van der Waals surface area contributed by atoms with Crippen LogP contribution >= 0.6 is 0 Å². The van der Waals surface area contributed by atoms with Gasteiger partial charge >= 0.3 is 5.97 Å². The van der Waals surface area contributed by atoms with E-state index < -0.39 is 18.5 Å². The Bertz CT molecular complexity index is 1070. The summed E-state index contributed by atoms with van der Waals surface area (Å²) < 4.78 is 17.3. The maximum absolute atomic E-state index is 13.7. The maximum atomic E-state index is 13.7. The summed E-state index contributed by atoms with van der Waals surface area (Å²) in [5, 5.41) is 0. The number of carbonyl (C=O) groups excluding carboxylic acids is 3. The van der Waals surface area contributed by atoms with E-state index in [4.69, 9.17) is 14.2 Å². The quantitative estimate of drug-likeness (QED) is 0.553. The molecular weight excluding hydrogens is 460 g/mol. The normalized spacial score (nSPS) is 26.2. The van der Waals surface area contributed by atoms with Crippen LogP contribution in [0, 0.1) is 5.92 Å². The predicted octanol–water partition coefficient (Wildman–Crippen LogP) is 2.55. The lowest BCUT2D eigenvalue weighted by atomic mass is 9.96. The second kappa shape index (κ2) is 10.8. The smallest absolute Gasteiger partial charge is 0.309 e. The van der Waals surface area contributed by atoms with Gasteiger partial charge in [0.05, 0.1) is 18.6 Å². The largest absolute Gasteiger partial charge is 0.466 e. The first-order valence-corrected chi connectivity index (χ1v) is 12.7. The molecule has 0 saturated carbocycles. The van der Waals surface area contributed by atoms with Gasteiger partial charge in [0.2, 0.25) is 0 Å². The van der Waals surface area contributed by atoms with E-state index in [1.54, 1.807) is 16.7 Å². The zero-order chi connectivity index (χ0) is 25.1. The Morgan fingerprint density at radius 1 is 0.944 bits per heavy atom. The van der Waals surface area contributed by atoms with E-state index in [1.807, 2.05) is 60.7 Å². The van der Waals surface area contributed by atoms with Crippen molar-refractivity contribution in [2.45, 2.75) is 57.3 Å². The summed E-state index contributed by atoms with van der Waals surface area (Å²) in [5.74, 6) is -0.893. The highest BCUT2D eigenvalue weighted by Crippen LogP contribution is 2.35. The van der Waals surface area contributed by atoms with Gasteiger partial charge in [0, 0.05) is 19.6 Å². The minimum absolute atomic E-state index is 0.202. The highest BCUT2D eigenvalue weighted by Gasteiger charge is 2.56. The Kier molecular flexibility index (Phi) is 7.34. The molecule has 3 saturated heterocycles. The lowest BCUT2D eigenvalue weighted by Crippen LogP contribution is -2.57. The van der Waals surface area contributed by atoms with E-state index >= 15 is 0 Å². The molecule has 3 fully saturated rings. The lowest BCUT2D eigenvalue weighted by Gasteiger charge is -2.39. The van der Waals surface area contributed by atoms with Gasteiger partial charge in [0.1, 0.15) is 0 Å². The fourth-order valence-corrected chi connectivity index (χ4v) is 5.31. The number of esters is 1. The van der Waals surface area contributed by atoms with Crippen molar-refractivity contribution in [2.75, 3.05) is 19.7 Å².